The number of unbranched alkanes of at least 4 members (excludes halogenated alkanes) is 5. The van der Waals surface area contributed by atoms with Gasteiger partial charge in [0, 0.05) is 6.54 Å². The summed E-state index contributed by atoms with van der Waals surface area (Å²) < 4.78 is 10.1. The fourth-order valence-electron chi connectivity index (χ4n) is 1.94. The second-order valence-corrected chi connectivity index (χ2v) is 7.16. The van der Waals surface area contributed by atoms with Gasteiger partial charge >= 0.3 is 6.09 Å². The molecule has 0 aromatic rings. The van der Waals surface area contributed by atoms with Crippen LogP contribution in [0, 0.1) is 0 Å². The van der Waals surface area contributed by atoms with Crippen LogP contribution in [0.3, 0.4) is 0 Å². The standard InChI is InChI=1S/C16H31IN2O4/c1-5-6-7-8-9-10-11-18-14(20)13(12-22-17)19-15(21)23-16(2,3)4/h13H,5-12H2,1-4H3,(H,18,20)(H,19,21). The molecule has 6 nitrogen and oxygen atoms in total. The molecular formula is C16H31IN2O4. The molecule has 0 aliphatic heterocycles. The van der Waals surface area contributed by atoms with Gasteiger partial charge in [-0.05, 0) is 27.2 Å². The highest BCUT2D eigenvalue weighted by Gasteiger charge is 2.24. The van der Waals surface area contributed by atoms with Gasteiger partial charge in [0.25, 0.3) is 0 Å². The highest BCUT2D eigenvalue weighted by Crippen LogP contribution is 2.07. The van der Waals surface area contributed by atoms with Crippen molar-refractivity contribution in [2.24, 2.45) is 0 Å². The lowest BCUT2D eigenvalue weighted by Gasteiger charge is -2.22. The Kier molecular flexibility index (Phi) is 12.5. The van der Waals surface area contributed by atoms with E-state index in [0.29, 0.717) is 6.54 Å². The Balaban J connectivity index is 4.07. The molecule has 23 heavy (non-hydrogen) atoms. The number of carbonyl (C=O) groups excluding carboxylic acids is 2. The molecular weight excluding hydrogens is 411 g/mol. The Hall–Kier alpha value is -0.570. The molecule has 0 bridgehead atoms. The summed E-state index contributed by atoms with van der Waals surface area (Å²) in [4.78, 5) is 23.9. The highest BCUT2D eigenvalue weighted by molar-refractivity contribution is 14.1. The van der Waals surface area contributed by atoms with Gasteiger partial charge in [-0.3, -0.25) is 4.79 Å². The van der Waals surface area contributed by atoms with Gasteiger partial charge in [0.15, 0.2) is 0 Å². The predicted molar refractivity (Wildman–Crippen MR) is 99.5 cm³/mol. The Labute approximate surface area is 154 Å². The number of hydrogen-bond acceptors (Lipinski definition) is 4. The largest absolute Gasteiger partial charge is 0.444 e. The molecule has 1 atom stereocenters. The molecule has 0 aliphatic rings. The zero-order chi connectivity index (χ0) is 17.7. The number of hydrogen-bond donors (Lipinski definition) is 2. The first kappa shape index (κ1) is 22.4. The summed E-state index contributed by atoms with van der Waals surface area (Å²) in [6.45, 7) is 8.22. The quantitative estimate of drug-likeness (QED) is 0.378. The second kappa shape index (κ2) is 12.8. The molecule has 0 saturated carbocycles. The Morgan fingerprint density at radius 2 is 1.70 bits per heavy atom. The maximum atomic E-state index is 12.1. The number of alkyl carbamates (subject to hydrolysis) is 1. The van der Waals surface area contributed by atoms with Crippen LogP contribution in [0.15, 0.2) is 0 Å². The molecule has 0 saturated heterocycles. The summed E-state index contributed by atoms with van der Waals surface area (Å²) in [6.07, 6.45) is 6.36. The smallest absolute Gasteiger partial charge is 0.408 e. The molecule has 0 spiro atoms. The van der Waals surface area contributed by atoms with Gasteiger partial charge in [0.05, 0.1) is 6.61 Å². The number of rotatable bonds is 11. The first-order valence-electron chi connectivity index (χ1n) is 8.31. The summed E-state index contributed by atoms with van der Waals surface area (Å²) in [5.41, 5.74) is -0.602. The van der Waals surface area contributed by atoms with Crippen LogP contribution >= 0.6 is 23.0 Å². The van der Waals surface area contributed by atoms with Crippen molar-refractivity contribution in [3.8, 4) is 0 Å². The lowest BCUT2D eigenvalue weighted by molar-refractivity contribution is -0.123. The van der Waals surface area contributed by atoms with Crippen molar-refractivity contribution in [1.82, 2.24) is 10.6 Å². The van der Waals surface area contributed by atoms with E-state index in [2.05, 4.69) is 17.6 Å². The van der Waals surface area contributed by atoms with Crippen LogP contribution in [0.25, 0.3) is 0 Å². The fourth-order valence-corrected chi connectivity index (χ4v) is 2.30. The molecule has 136 valence electrons. The van der Waals surface area contributed by atoms with E-state index in [1.807, 2.05) is 0 Å². The van der Waals surface area contributed by atoms with Crippen LogP contribution in [0.1, 0.15) is 66.2 Å². The first-order valence-corrected chi connectivity index (χ1v) is 9.19. The number of nitrogens with one attached hydrogen (secondary N) is 2. The molecule has 2 N–H and O–H groups in total. The van der Waals surface area contributed by atoms with Gasteiger partial charge in [0.1, 0.15) is 34.6 Å². The van der Waals surface area contributed by atoms with E-state index in [1.165, 1.54) is 25.7 Å². The SMILES string of the molecule is CCCCCCCCNC(=O)C(COI)NC(=O)OC(C)(C)C. The lowest BCUT2D eigenvalue weighted by atomic mass is 10.1. The minimum absolute atomic E-state index is 0.0993. The number of carbonyl (C=O) groups is 2. The fraction of sp³-hybridized carbons (Fsp3) is 0.875. The average molecular weight is 442 g/mol. The van der Waals surface area contributed by atoms with E-state index in [4.69, 9.17) is 7.80 Å². The summed E-state index contributed by atoms with van der Waals surface area (Å²) >= 11 is 1.70. The third-order valence-corrected chi connectivity index (χ3v) is 3.43. The van der Waals surface area contributed by atoms with Crippen LogP contribution < -0.4 is 10.6 Å². The van der Waals surface area contributed by atoms with Gasteiger partial charge in [0.2, 0.25) is 5.91 Å². The Bertz CT molecular complexity index is 345. The zero-order valence-electron chi connectivity index (χ0n) is 14.7. The number of halogens is 1. The third kappa shape index (κ3) is 13.6. The van der Waals surface area contributed by atoms with Gasteiger partial charge in [-0.25, -0.2) is 4.79 Å². The first-order chi connectivity index (χ1) is 10.8. The third-order valence-electron chi connectivity index (χ3n) is 3.07. The van der Waals surface area contributed by atoms with Crippen LogP contribution in [-0.2, 0) is 12.6 Å². The normalized spacial score (nSPS) is 12.6. The van der Waals surface area contributed by atoms with Crippen molar-refractivity contribution in [2.45, 2.75) is 77.9 Å². The van der Waals surface area contributed by atoms with Gasteiger partial charge in [-0.15, -0.1) is 0 Å². The predicted octanol–water partition coefficient (Wildman–Crippen LogP) is 3.72. The summed E-state index contributed by atoms with van der Waals surface area (Å²) in [5, 5.41) is 5.37. The highest BCUT2D eigenvalue weighted by atomic mass is 127. The van der Waals surface area contributed by atoms with Crippen molar-refractivity contribution in [2.75, 3.05) is 13.2 Å². The molecule has 0 radical (unpaired) electrons. The molecule has 0 aromatic carbocycles. The lowest BCUT2D eigenvalue weighted by Crippen LogP contribution is -2.50. The van der Waals surface area contributed by atoms with Crippen molar-refractivity contribution < 1.29 is 17.4 Å². The van der Waals surface area contributed by atoms with E-state index < -0.39 is 17.7 Å². The topological polar surface area (TPSA) is 76.7 Å². The summed E-state index contributed by atoms with van der Waals surface area (Å²) in [7, 11) is 0. The average Bonchev–Trinajstić information content (AvgIpc) is 2.43. The van der Waals surface area contributed by atoms with E-state index in [9.17, 15) is 9.59 Å². The minimum Gasteiger partial charge on any atom is -0.444 e. The second-order valence-electron chi connectivity index (χ2n) is 6.53. The molecule has 0 heterocycles. The summed E-state index contributed by atoms with van der Waals surface area (Å²) in [5.74, 6) is -0.249. The molecule has 0 aromatic heterocycles. The van der Waals surface area contributed by atoms with Gasteiger partial charge in [-0.1, -0.05) is 39.0 Å². The van der Waals surface area contributed by atoms with Crippen molar-refractivity contribution in [3.05, 3.63) is 0 Å². The molecule has 1 unspecified atom stereocenters. The molecule has 2 amide bonds. The van der Waals surface area contributed by atoms with Crippen LogP contribution in [0.5, 0.6) is 0 Å². The van der Waals surface area contributed by atoms with Crippen molar-refractivity contribution in [3.63, 3.8) is 0 Å². The van der Waals surface area contributed by atoms with Crippen molar-refractivity contribution >= 4 is 35.0 Å². The van der Waals surface area contributed by atoms with Gasteiger partial charge in [-0.2, -0.15) is 0 Å². The molecule has 0 fully saturated rings. The maximum Gasteiger partial charge on any atom is 0.408 e. The number of amides is 2. The maximum absolute atomic E-state index is 12.1. The molecule has 0 aliphatic carbocycles. The Morgan fingerprint density at radius 3 is 2.26 bits per heavy atom. The molecule has 0 rings (SSSR count). The van der Waals surface area contributed by atoms with Crippen LogP contribution in [0.2, 0.25) is 0 Å². The van der Waals surface area contributed by atoms with Crippen molar-refractivity contribution in [1.29, 1.82) is 0 Å². The summed E-state index contributed by atoms with van der Waals surface area (Å²) in [6, 6.07) is -0.748. The monoisotopic (exact) mass is 442 g/mol. The van der Waals surface area contributed by atoms with E-state index >= 15 is 0 Å². The van der Waals surface area contributed by atoms with E-state index in [-0.39, 0.29) is 12.5 Å². The number of ether oxygens (including phenoxy) is 1. The zero-order valence-corrected chi connectivity index (χ0v) is 16.9. The van der Waals surface area contributed by atoms with E-state index in [1.54, 1.807) is 43.8 Å². The molecule has 7 heteroatoms. The Morgan fingerprint density at radius 1 is 1.09 bits per heavy atom. The van der Waals surface area contributed by atoms with Gasteiger partial charge < -0.3 is 18.4 Å². The van der Waals surface area contributed by atoms with Crippen LogP contribution in [-0.4, -0.2) is 36.8 Å². The van der Waals surface area contributed by atoms with E-state index in [0.717, 1.165) is 12.8 Å². The van der Waals surface area contributed by atoms with Crippen LogP contribution in [0.4, 0.5) is 4.79 Å². The minimum atomic E-state index is -0.748.